The standard InChI is InChI=1S/C31H38N2O4/c1-6-9-23(10-7-8-17-33(5)29(36)18-21(2)3)26-20-25(13-11-22(26)4)32-30(37)31(15-16-31)24-12-14-27(34)28(35)19-24/h6-14,19-21,34-35H,15-18H2,1-5H3,(H,32,37)/b8-7+,9-6-,23-10+. The predicted octanol–water partition coefficient (Wildman–Crippen LogP) is 6.10. The van der Waals surface area contributed by atoms with Crippen molar-refractivity contribution in [1.29, 1.82) is 0 Å². The van der Waals surface area contributed by atoms with Gasteiger partial charge in [0.15, 0.2) is 11.5 Å². The lowest BCUT2D eigenvalue weighted by atomic mass is 9.94. The van der Waals surface area contributed by atoms with Crippen LogP contribution < -0.4 is 5.32 Å². The first-order valence-corrected chi connectivity index (χ1v) is 12.8. The fourth-order valence-electron chi connectivity index (χ4n) is 4.27. The number of phenols is 2. The van der Waals surface area contributed by atoms with Crippen LogP contribution in [0.2, 0.25) is 0 Å². The summed E-state index contributed by atoms with van der Waals surface area (Å²) in [5, 5.41) is 22.6. The molecule has 0 atom stereocenters. The van der Waals surface area contributed by atoms with Gasteiger partial charge in [-0.2, -0.15) is 0 Å². The lowest BCUT2D eigenvalue weighted by Gasteiger charge is -2.18. The van der Waals surface area contributed by atoms with E-state index < -0.39 is 5.41 Å². The van der Waals surface area contributed by atoms with Gasteiger partial charge in [-0.05, 0) is 79.1 Å². The van der Waals surface area contributed by atoms with Gasteiger partial charge < -0.3 is 20.4 Å². The van der Waals surface area contributed by atoms with E-state index in [4.69, 9.17) is 0 Å². The quantitative estimate of drug-likeness (QED) is 0.271. The fraction of sp³-hybridized carbons (Fsp3) is 0.355. The SMILES string of the molecule is C\C=C/C(=C\C=C\CN(C)C(=O)CC(C)C)c1cc(NC(=O)C2(c3ccc(O)c(O)c3)CC2)ccc1C. The van der Waals surface area contributed by atoms with E-state index in [0.29, 0.717) is 43.0 Å². The van der Waals surface area contributed by atoms with E-state index in [2.05, 4.69) is 5.32 Å². The van der Waals surface area contributed by atoms with Crippen molar-refractivity contribution in [3.8, 4) is 11.5 Å². The zero-order valence-electron chi connectivity index (χ0n) is 22.4. The number of phenolic OH excluding ortho intramolecular Hbond substituents is 2. The summed E-state index contributed by atoms with van der Waals surface area (Å²) in [5.74, 6) is -0.0856. The second kappa shape index (κ2) is 12.0. The first kappa shape index (κ1) is 27.8. The van der Waals surface area contributed by atoms with Crippen molar-refractivity contribution in [1.82, 2.24) is 4.90 Å². The Morgan fingerprint density at radius 1 is 1.11 bits per heavy atom. The van der Waals surface area contributed by atoms with E-state index in [0.717, 1.165) is 16.7 Å². The molecule has 2 aromatic carbocycles. The van der Waals surface area contributed by atoms with Gasteiger partial charge in [0.2, 0.25) is 11.8 Å². The number of amides is 2. The number of allylic oxidation sites excluding steroid dienone is 5. The molecule has 6 nitrogen and oxygen atoms in total. The summed E-state index contributed by atoms with van der Waals surface area (Å²) in [6.07, 6.45) is 11.8. The maximum absolute atomic E-state index is 13.3. The zero-order valence-corrected chi connectivity index (χ0v) is 22.4. The molecule has 1 fully saturated rings. The third-order valence-electron chi connectivity index (χ3n) is 6.67. The Morgan fingerprint density at radius 2 is 1.84 bits per heavy atom. The number of hydrogen-bond donors (Lipinski definition) is 3. The molecule has 0 aliphatic heterocycles. The highest BCUT2D eigenvalue weighted by Crippen LogP contribution is 2.50. The summed E-state index contributed by atoms with van der Waals surface area (Å²) in [7, 11) is 1.81. The second-order valence-electron chi connectivity index (χ2n) is 10.2. The normalized spacial score (nSPS) is 14.9. The Balaban J connectivity index is 1.77. The smallest absolute Gasteiger partial charge is 0.235 e. The van der Waals surface area contributed by atoms with Gasteiger partial charge in [-0.25, -0.2) is 0 Å². The predicted molar refractivity (Wildman–Crippen MR) is 150 cm³/mol. The molecule has 0 heterocycles. The summed E-state index contributed by atoms with van der Waals surface area (Å²) in [4.78, 5) is 27.2. The molecule has 0 bridgehead atoms. The van der Waals surface area contributed by atoms with Gasteiger partial charge in [-0.3, -0.25) is 9.59 Å². The first-order chi connectivity index (χ1) is 17.6. The Morgan fingerprint density at radius 3 is 2.46 bits per heavy atom. The van der Waals surface area contributed by atoms with Crippen molar-refractivity contribution in [2.45, 2.75) is 52.4 Å². The zero-order chi connectivity index (χ0) is 27.2. The maximum atomic E-state index is 13.3. The lowest BCUT2D eigenvalue weighted by molar-refractivity contribution is -0.130. The molecule has 3 rings (SSSR count). The van der Waals surface area contributed by atoms with Gasteiger partial charge in [-0.15, -0.1) is 0 Å². The number of anilines is 1. The number of nitrogens with one attached hydrogen (secondary N) is 1. The summed E-state index contributed by atoms with van der Waals surface area (Å²) in [6, 6.07) is 10.4. The van der Waals surface area contributed by atoms with Gasteiger partial charge in [0, 0.05) is 25.7 Å². The van der Waals surface area contributed by atoms with Crippen LogP contribution in [0.15, 0.2) is 66.8 Å². The minimum atomic E-state index is -0.694. The average Bonchev–Trinajstić information content (AvgIpc) is 3.66. The highest BCUT2D eigenvalue weighted by atomic mass is 16.3. The number of aryl methyl sites for hydroxylation is 1. The molecule has 1 saturated carbocycles. The van der Waals surface area contributed by atoms with Gasteiger partial charge >= 0.3 is 0 Å². The number of carbonyl (C=O) groups excluding carboxylic acids is 2. The van der Waals surface area contributed by atoms with E-state index in [1.807, 2.05) is 83.3 Å². The van der Waals surface area contributed by atoms with Crippen LogP contribution in [0.3, 0.4) is 0 Å². The van der Waals surface area contributed by atoms with Crippen molar-refractivity contribution in [2.24, 2.45) is 5.92 Å². The van der Waals surface area contributed by atoms with Crippen LogP contribution in [0.25, 0.3) is 5.57 Å². The molecule has 0 unspecified atom stereocenters. The van der Waals surface area contributed by atoms with E-state index in [-0.39, 0.29) is 23.3 Å². The highest BCUT2D eigenvalue weighted by Gasteiger charge is 2.51. The molecule has 0 radical (unpaired) electrons. The van der Waals surface area contributed by atoms with Gasteiger partial charge in [0.05, 0.1) is 5.41 Å². The molecule has 0 aromatic heterocycles. The summed E-state index contributed by atoms with van der Waals surface area (Å²) in [6.45, 7) is 8.60. The molecule has 1 aliphatic rings. The van der Waals surface area contributed by atoms with E-state index in [9.17, 15) is 19.8 Å². The third-order valence-corrected chi connectivity index (χ3v) is 6.67. The van der Waals surface area contributed by atoms with Crippen molar-refractivity contribution >= 4 is 23.1 Å². The van der Waals surface area contributed by atoms with Crippen LogP contribution in [0.4, 0.5) is 5.69 Å². The monoisotopic (exact) mass is 502 g/mol. The number of benzene rings is 2. The Hall–Kier alpha value is -3.80. The number of aromatic hydroxyl groups is 2. The van der Waals surface area contributed by atoms with Crippen LogP contribution in [0, 0.1) is 12.8 Å². The molecule has 196 valence electrons. The van der Waals surface area contributed by atoms with Crippen LogP contribution in [0.5, 0.6) is 11.5 Å². The number of rotatable bonds is 10. The summed E-state index contributed by atoms with van der Waals surface area (Å²) in [5.41, 5.74) is 3.76. The molecule has 2 amide bonds. The molecule has 37 heavy (non-hydrogen) atoms. The topological polar surface area (TPSA) is 89.9 Å². The lowest BCUT2D eigenvalue weighted by Crippen LogP contribution is -2.27. The highest BCUT2D eigenvalue weighted by molar-refractivity contribution is 6.02. The largest absolute Gasteiger partial charge is 0.504 e. The van der Waals surface area contributed by atoms with E-state index in [1.54, 1.807) is 11.0 Å². The molecular formula is C31H38N2O4. The minimum absolute atomic E-state index is 0.127. The van der Waals surface area contributed by atoms with Crippen molar-refractivity contribution < 1.29 is 19.8 Å². The van der Waals surface area contributed by atoms with Crippen LogP contribution in [0.1, 0.15) is 56.7 Å². The number of nitrogens with zero attached hydrogens (tertiary/aromatic N) is 1. The van der Waals surface area contributed by atoms with E-state index in [1.165, 1.54) is 12.1 Å². The van der Waals surface area contributed by atoms with Crippen LogP contribution >= 0.6 is 0 Å². The van der Waals surface area contributed by atoms with Crippen LogP contribution in [-0.4, -0.2) is 40.5 Å². The molecular weight excluding hydrogens is 464 g/mol. The molecule has 6 heteroatoms. The maximum Gasteiger partial charge on any atom is 0.235 e. The Labute approximate surface area is 220 Å². The third kappa shape index (κ3) is 6.91. The summed E-state index contributed by atoms with van der Waals surface area (Å²) < 4.78 is 0. The minimum Gasteiger partial charge on any atom is -0.504 e. The Bertz CT molecular complexity index is 1240. The number of carbonyl (C=O) groups is 2. The number of hydrogen-bond acceptors (Lipinski definition) is 4. The second-order valence-corrected chi connectivity index (χ2v) is 10.2. The molecule has 2 aromatic rings. The van der Waals surface area contributed by atoms with E-state index >= 15 is 0 Å². The molecule has 1 aliphatic carbocycles. The van der Waals surface area contributed by atoms with Crippen molar-refractivity contribution in [3.05, 3.63) is 83.5 Å². The fourth-order valence-corrected chi connectivity index (χ4v) is 4.27. The molecule has 0 spiro atoms. The summed E-state index contributed by atoms with van der Waals surface area (Å²) >= 11 is 0. The van der Waals surface area contributed by atoms with Crippen molar-refractivity contribution in [3.63, 3.8) is 0 Å². The Kier molecular flexibility index (Phi) is 8.98. The van der Waals surface area contributed by atoms with Gasteiger partial charge in [0.1, 0.15) is 0 Å². The first-order valence-electron chi connectivity index (χ1n) is 12.8. The molecule has 3 N–H and O–H groups in total. The van der Waals surface area contributed by atoms with Gasteiger partial charge in [0.25, 0.3) is 0 Å². The molecule has 0 saturated heterocycles. The number of likely N-dealkylation sites (N-methyl/N-ethyl adjacent to an activating group) is 1. The van der Waals surface area contributed by atoms with Crippen LogP contribution in [-0.2, 0) is 15.0 Å². The average molecular weight is 503 g/mol. The van der Waals surface area contributed by atoms with Gasteiger partial charge in [-0.1, -0.05) is 56.4 Å². The van der Waals surface area contributed by atoms with Crippen molar-refractivity contribution in [2.75, 3.05) is 18.9 Å².